The molecular weight excluding hydrogens is 256 g/mol. The van der Waals surface area contributed by atoms with Gasteiger partial charge in [-0.15, -0.1) is 0 Å². The monoisotopic (exact) mass is 280 g/mol. The number of ketones is 1. The first-order valence-corrected chi connectivity index (χ1v) is 7.64. The zero-order chi connectivity index (χ0) is 14.7. The Kier molecular flexibility index (Phi) is 4.78. The highest BCUT2D eigenvalue weighted by molar-refractivity contribution is 5.91. The Labute approximate surface area is 119 Å². The molecule has 5 nitrogen and oxygen atoms in total. The fourth-order valence-corrected chi connectivity index (χ4v) is 3.42. The molecule has 2 amide bonds. The second-order valence-corrected chi connectivity index (χ2v) is 6.02. The van der Waals surface area contributed by atoms with Crippen LogP contribution in [-0.2, 0) is 14.4 Å². The fourth-order valence-electron chi connectivity index (χ4n) is 3.42. The maximum Gasteiger partial charge on any atom is 0.242 e. The lowest BCUT2D eigenvalue weighted by Gasteiger charge is -2.37. The van der Waals surface area contributed by atoms with Gasteiger partial charge < -0.3 is 10.6 Å². The number of hydrogen-bond acceptors (Lipinski definition) is 3. The van der Waals surface area contributed by atoms with E-state index >= 15 is 0 Å². The van der Waals surface area contributed by atoms with Crippen LogP contribution in [0.5, 0.6) is 0 Å². The molecule has 2 rings (SSSR count). The Bertz CT molecular complexity index is 392. The number of carbonyl (C=O) groups excluding carboxylic acids is 3. The highest BCUT2D eigenvalue weighted by atomic mass is 16.2. The van der Waals surface area contributed by atoms with E-state index in [2.05, 4.69) is 10.6 Å². The van der Waals surface area contributed by atoms with Crippen LogP contribution in [0, 0.1) is 17.8 Å². The summed E-state index contributed by atoms with van der Waals surface area (Å²) in [5.74, 6) is 0.147. The third kappa shape index (κ3) is 3.19. The van der Waals surface area contributed by atoms with Gasteiger partial charge >= 0.3 is 0 Å². The van der Waals surface area contributed by atoms with Gasteiger partial charge in [0.1, 0.15) is 11.8 Å². The second kappa shape index (κ2) is 6.37. The van der Waals surface area contributed by atoms with Crippen LogP contribution in [0.15, 0.2) is 0 Å². The number of carbonyl (C=O) groups is 3. The van der Waals surface area contributed by atoms with Crippen molar-refractivity contribution in [3.05, 3.63) is 0 Å². The lowest BCUT2D eigenvalue weighted by molar-refractivity contribution is -0.139. The molecule has 0 saturated heterocycles. The number of amides is 2. The van der Waals surface area contributed by atoms with Crippen molar-refractivity contribution in [2.45, 2.75) is 52.0 Å². The van der Waals surface area contributed by atoms with Crippen molar-refractivity contribution in [1.82, 2.24) is 10.6 Å². The van der Waals surface area contributed by atoms with Crippen molar-refractivity contribution in [3.8, 4) is 0 Å². The molecule has 0 aliphatic heterocycles. The summed E-state index contributed by atoms with van der Waals surface area (Å²) in [5, 5.41) is 5.47. The summed E-state index contributed by atoms with van der Waals surface area (Å²) in [6.07, 6.45) is 4.26. The lowest BCUT2D eigenvalue weighted by Crippen LogP contribution is -2.49. The van der Waals surface area contributed by atoms with Gasteiger partial charge in [0.2, 0.25) is 11.8 Å². The number of hydrogen-bond donors (Lipinski definition) is 2. The van der Waals surface area contributed by atoms with Gasteiger partial charge in [0.05, 0.1) is 0 Å². The maximum absolute atomic E-state index is 12.3. The molecule has 3 unspecified atom stereocenters. The molecule has 3 atom stereocenters. The Morgan fingerprint density at radius 2 is 1.85 bits per heavy atom. The van der Waals surface area contributed by atoms with E-state index in [0.29, 0.717) is 25.2 Å². The molecule has 2 saturated carbocycles. The molecule has 0 spiro atoms. The third-order valence-corrected chi connectivity index (χ3v) is 4.52. The van der Waals surface area contributed by atoms with E-state index in [0.717, 1.165) is 19.3 Å². The Morgan fingerprint density at radius 3 is 2.40 bits per heavy atom. The predicted octanol–water partition coefficient (Wildman–Crippen LogP) is 1.02. The topological polar surface area (TPSA) is 75.3 Å². The minimum atomic E-state index is -0.514. The molecule has 2 aliphatic carbocycles. The minimum absolute atomic E-state index is 0.0676. The molecule has 2 N–H and O–H groups in total. The largest absolute Gasteiger partial charge is 0.355 e. The summed E-state index contributed by atoms with van der Waals surface area (Å²) < 4.78 is 0. The van der Waals surface area contributed by atoms with Gasteiger partial charge in [0.25, 0.3) is 0 Å². The summed E-state index contributed by atoms with van der Waals surface area (Å²) >= 11 is 0. The molecule has 5 heteroatoms. The average molecular weight is 280 g/mol. The molecule has 0 aromatic rings. The summed E-state index contributed by atoms with van der Waals surface area (Å²) in [4.78, 5) is 35.9. The smallest absolute Gasteiger partial charge is 0.242 e. The highest BCUT2D eigenvalue weighted by Gasteiger charge is 2.41. The number of Topliss-reactive ketones (excluding diaryl/α,β-unsaturated/α-hetero) is 1. The van der Waals surface area contributed by atoms with Crippen LogP contribution >= 0.6 is 0 Å². The Hall–Kier alpha value is -1.39. The molecule has 0 radical (unpaired) electrons. The molecule has 0 aromatic carbocycles. The summed E-state index contributed by atoms with van der Waals surface area (Å²) in [5.41, 5.74) is 0. The van der Waals surface area contributed by atoms with Gasteiger partial charge in [-0.25, -0.2) is 0 Å². The van der Waals surface area contributed by atoms with Gasteiger partial charge in [-0.2, -0.15) is 0 Å². The average Bonchev–Trinajstić information content (AvgIpc) is 2.38. The molecule has 2 bridgehead atoms. The van der Waals surface area contributed by atoms with Crippen LogP contribution in [0.1, 0.15) is 46.0 Å². The van der Waals surface area contributed by atoms with E-state index < -0.39 is 6.04 Å². The van der Waals surface area contributed by atoms with Crippen molar-refractivity contribution in [3.63, 3.8) is 0 Å². The number of likely N-dealkylation sites (N-methyl/N-ethyl adjacent to an activating group) is 1. The molecular formula is C15H24N2O3. The fraction of sp³-hybridized carbons (Fsp3) is 0.800. The quantitative estimate of drug-likeness (QED) is 0.807. The first-order chi connectivity index (χ1) is 9.52. The van der Waals surface area contributed by atoms with E-state index in [4.69, 9.17) is 0 Å². The van der Waals surface area contributed by atoms with Gasteiger partial charge in [0, 0.05) is 24.3 Å². The van der Waals surface area contributed by atoms with Crippen LogP contribution in [0.4, 0.5) is 0 Å². The van der Waals surface area contributed by atoms with E-state index in [9.17, 15) is 14.4 Å². The molecule has 2 aliphatic rings. The maximum atomic E-state index is 12.3. The first kappa shape index (κ1) is 15.0. The minimum Gasteiger partial charge on any atom is -0.355 e. The van der Waals surface area contributed by atoms with Gasteiger partial charge in [-0.1, -0.05) is 6.42 Å². The van der Waals surface area contributed by atoms with Crippen molar-refractivity contribution in [2.75, 3.05) is 6.54 Å². The van der Waals surface area contributed by atoms with Crippen molar-refractivity contribution in [1.29, 1.82) is 0 Å². The van der Waals surface area contributed by atoms with E-state index in [1.807, 2.05) is 6.92 Å². The predicted molar refractivity (Wildman–Crippen MR) is 74.9 cm³/mol. The van der Waals surface area contributed by atoms with Crippen LogP contribution in [0.2, 0.25) is 0 Å². The molecule has 112 valence electrons. The van der Waals surface area contributed by atoms with Crippen LogP contribution in [-0.4, -0.2) is 30.2 Å². The zero-order valence-electron chi connectivity index (χ0n) is 12.3. The van der Waals surface area contributed by atoms with Crippen LogP contribution < -0.4 is 10.6 Å². The van der Waals surface area contributed by atoms with Crippen molar-refractivity contribution in [2.24, 2.45) is 17.8 Å². The van der Waals surface area contributed by atoms with Crippen LogP contribution in [0.3, 0.4) is 0 Å². The molecule has 2 fully saturated rings. The standard InChI is InChI=1S/C15H24N2O3/c1-3-16-14(19)9(2)17-15(20)12-7-10-5-4-6-11(8-12)13(10)18/h9-12H,3-8H2,1-2H3,(H,16,19)(H,17,20). The lowest BCUT2D eigenvalue weighted by atomic mass is 9.67. The number of fused-ring (bicyclic) bond motifs is 2. The molecule has 0 heterocycles. The third-order valence-electron chi connectivity index (χ3n) is 4.52. The summed E-state index contributed by atoms with van der Waals surface area (Å²) in [6, 6.07) is -0.514. The van der Waals surface area contributed by atoms with Crippen LogP contribution in [0.25, 0.3) is 0 Å². The van der Waals surface area contributed by atoms with Crippen molar-refractivity contribution >= 4 is 17.6 Å². The summed E-state index contributed by atoms with van der Waals surface area (Å²) in [6.45, 7) is 4.10. The second-order valence-electron chi connectivity index (χ2n) is 6.02. The Balaban J connectivity index is 1.90. The highest BCUT2D eigenvalue weighted by Crippen LogP contribution is 2.40. The summed E-state index contributed by atoms with van der Waals surface area (Å²) in [7, 11) is 0. The van der Waals surface area contributed by atoms with Gasteiger partial charge in [-0.05, 0) is 39.5 Å². The number of rotatable bonds is 4. The molecule has 0 aromatic heterocycles. The first-order valence-electron chi connectivity index (χ1n) is 7.64. The van der Waals surface area contributed by atoms with Crippen molar-refractivity contribution < 1.29 is 14.4 Å². The van der Waals surface area contributed by atoms with E-state index in [-0.39, 0.29) is 29.6 Å². The zero-order valence-corrected chi connectivity index (χ0v) is 12.3. The van der Waals surface area contributed by atoms with Gasteiger partial charge in [0.15, 0.2) is 0 Å². The van der Waals surface area contributed by atoms with E-state index in [1.165, 1.54) is 0 Å². The van der Waals surface area contributed by atoms with E-state index in [1.54, 1.807) is 6.92 Å². The SMILES string of the molecule is CCNC(=O)C(C)NC(=O)C1CC2CCCC(C1)C2=O. The van der Waals surface area contributed by atoms with Gasteiger partial charge in [-0.3, -0.25) is 14.4 Å². The normalized spacial score (nSPS) is 30.5. The number of nitrogens with one attached hydrogen (secondary N) is 2. The molecule has 20 heavy (non-hydrogen) atoms. The Morgan fingerprint density at radius 1 is 1.25 bits per heavy atom.